The van der Waals surface area contributed by atoms with Crippen molar-refractivity contribution in [2.24, 2.45) is 11.8 Å². The number of carbonyl (C=O) groups is 2. The molecule has 0 radical (unpaired) electrons. The summed E-state index contributed by atoms with van der Waals surface area (Å²) in [6.07, 6.45) is 2.81. The number of piperazine rings is 1. The van der Waals surface area contributed by atoms with Crippen LogP contribution in [0.15, 0.2) is 0 Å². The van der Waals surface area contributed by atoms with Crippen LogP contribution in [-0.2, 0) is 14.3 Å². The third-order valence-corrected chi connectivity index (χ3v) is 4.31. The van der Waals surface area contributed by atoms with Crippen molar-refractivity contribution in [1.29, 1.82) is 0 Å². The molecule has 0 aromatic carbocycles. The Bertz CT molecular complexity index is 389. The lowest BCUT2D eigenvalue weighted by Crippen LogP contribution is -2.65. The second kappa shape index (κ2) is 6.77. The Morgan fingerprint density at radius 3 is 2.52 bits per heavy atom. The maximum atomic E-state index is 12.7. The highest BCUT2D eigenvalue weighted by Gasteiger charge is 2.42. The molecule has 2 aliphatic heterocycles. The highest BCUT2D eigenvalue weighted by Crippen LogP contribution is 2.23. The van der Waals surface area contributed by atoms with Crippen molar-refractivity contribution in [3.8, 4) is 0 Å². The highest BCUT2D eigenvalue weighted by molar-refractivity contribution is 5.97. The Kier molecular flexibility index (Phi) is 5.25. The fourth-order valence-electron chi connectivity index (χ4n) is 3.14. The minimum Gasteiger partial charge on any atom is -0.376 e. The largest absolute Gasteiger partial charge is 0.376 e. The van der Waals surface area contributed by atoms with Crippen molar-refractivity contribution in [2.75, 3.05) is 13.2 Å². The van der Waals surface area contributed by atoms with Gasteiger partial charge in [-0.3, -0.25) is 9.59 Å². The van der Waals surface area contributed by atoms with Gasteiger partial charge in [0, 0.05) is 13.2 Å². The number of nitrogens with zero attached hydrogens (tertiary/aromatic N) is 1. The van der Waals surface area contributed by atoms with E-state index < -0.39 is 6.04 Å². The van der Waals surface area contributed by atoms with Gasteiger partial charge >= 0.3 is 0 Å². The number of amides is 2. The first-order chi connectivity index (χ1) is 9.90. The Hall–Kier alpha value is -1.10. The molecule has 3 atom stereocenters. The molecule has 0 aromatic heterocycles. The van der Waals surface area contributed by atoms with Crippen molar-refractivity contribution >= 4 is 11.8 Å². The molecular formula is C16H28N2O3. The van der Waals surface area contributed by atoms with E-state index in [1.165, 1.54) is 0 Å². The van der Waals surface area contributed by atoms with Gasteiger partial charge in [-0.05, 0) is 31.1 Å². The van der Waals surface area contributed by atoms with E-state index in [4.69, 9.17) is 4.74 Å². The molecule has 1 N–H and O–H groups in total. The van der Waals surface area contributed by atoms with Gasteiger partial charge in [0.15, 0.2) is 0 Å². The van der Waals surface area contributed by atoms with Crippen molar-refractivity contribution in [3.63, 3.8) is 0 Å². The molecule has 0 aromatic rings. The summed E-state index contributed by atoms with van der Waals surface area (Å²) in [5, 5.41) is 2.90. The Labute approximate surface area is 127 Å². The van der Waals surface area contributed by atoms with E-state index in [0.717, 1.165) is 19.4 Å². The van der Waals surface area contributed by atoms with Gasteiger partial charge in [0.1, 0.15) is 12.1 Å². The quantitative estimate of drug-likeness (QED) is 0.837. The zero-order chi connectivity index (χ0) is 15.6. The number of hydrogen-bond acceptors (Lipinski definition) is 3. The lowest BCUT2D eigenvalue weighted by Gasteiger charge is -2.41. The van der Waals surface area contributed by atoms with E-state index in [0.29, 0.717) is 18.9 Å². The molecule has 2 fully saturated rings. The normalized spacial score (nSPS) is 30.4. The standard InChI is InChI=1S/C16H28N2O3/c1-10(2)8-13-15(19)17-14(11(3)4)16(20)18(13)9-12-6-5-7-21-12/h10-14H,5-9H2,1-4H3,(H,17,19). The molecule has 0 aliphatic carbocycles. The molecule has 0 bridgehead atoms. The molecule has 120 valence electrons. The van der Waals surface area contributed by atoms with Crippen LogP contribution >= 0.6 is 0 Å². The van der Waals surface area contributed by atoms with Crippen LogP contribution in [0.1, 0.15) is 47.0 Å². The van der Waals surface area contributed by atoms with E-state index in [-0.39, 0.29) is 29.9 Å². The van der Waals surface area contributed by atoms with Crippen LogP contribution in [0.5, 0.6) is 0 Å². The predicted octanol–water partition coefficient (Wildman–Crippen LogP) is 1.56. The summed E-state index contributed by atoms with van der Waals surface area (Å²) in [6, 6.07) is -0.751. The average Bonchev–Trinajstić information content (AvgIpc) is 2.89. The summed E-state index contributed by atoms with van der Waals surface area (Å²) in [5.41, 5.74) is 0. The zero-order valence-electron chi connectivity index (χ0n) is 13.6. The second-order valence-electron chi connectivity index (χ2n) is 7.00. The van der Waals surface area contributed by atoms with Gasteiger partial charge < -0.3 is 15.0 Å². The average molecular weight is 296 g/mol. The maximum absolute atomic E-state index is 12.7. The Balaban J connectivity index is 2.16. The van der Waals surface area contributed by atoms with Crippen LogP contribution in [0.3, 0.4) is 0 Å². The molecule has 0 saturated carbocycles. The molecular weight excluding hydrogens is 268 g/mol. The highest BCUT2D eigenvalue weighted by atomic mass is 16.5. The lowest BCUT2D eigenvalue weighted by atomic mass is 9.93. The fourth-order valence-corrected chi connectivity index (χ4v) is 3.14. The first-order valence-electron chi connectivity index (χ1n) is 8.12. The van der Waals surface area contributed by atoms with Crippen LogP contribution in [0.4, 0.5) is 0 Å². The second-order valence-corrected chi connectivity index (χ2v) is 7.00. The maximum Gasteiger partial charge on any atom is 0.246 e. The summed E-state index contributed by atoms with van der Waals surface area (Å²) >= 11 is 0. The summed E-state index contributed by atoms with van der Waals surface area (Å²) in [7, 11) is 0. The summed E-state index contributed by atoms with van der Waals surface area (Å²) < 4.78 is 5.66. The third kappa shape index (κ3) is 3.76. The number of carbonyl (C=O) groups excluding carboxylic acids is 2. The van der Waals surface area contributed by atoms with Crippen molar-refractivity contribution in [1.82, 2.24) is 10.2 Å². The van der Waals surface area contributed by atoms with Gasteiger partial charge in [0.25, 0.3) is 0 Å². The molecule has 2 aliphatic rings. The smallest absolute Gasteiger partial charge is 0.246 e. The van der Waals surface area contributed by atoms with Crippen LogP contribution in [0.25, 0.3) is 0 Å². The number of ether oxygens (including phenoxy) is 1. The molecule has 21 heavy (non-hydrogen) atoms. The molecule has 2 amide bonds. The molecule has 0 spiro atoms. The zero-order valence-corrected chi connectivity index (χ0v) is 13.6. The van der Waals surface area contributed by atoms with E-state index in [2.05, 4.69) is 19.2 Å². The Morgan fingerprint density at radius 2 is 2.00 bits per heavy atom. The van der Waals surface area contributed by atoms with Gasteiger partial charge in [0.05, 0.1) is 6.10 Å². The minimum absolute atomic E-state index is 0.0139. The van der Waals surface area contributed by atoms with Gasteiger partial charge in [-0.25, -0.2) is 0 Å². The monoisotopic (exact) mass is 296 g/mol. The molecule has 2 rings (SSSR count). The van der Waals surface area contributed by atoms with E-state index in [1.54, 1.807) is 4.90 Å². The molecule has 2 heterocycles. The van der Waals surface area contributed by atoms with Gasteiger partial charge in [-0.1, -0.05) is 27.7 Å². The van der Waals surface area contributed by atoms with E-state index in [1.807, 2.05) is 13.8 Å². The molecule has 3 unspecified atom stereocenters. The molecule has 5 nitrogen and oxygen atoms in total. The first-order valence-corrected chi connectivity index (χ1v) is 8.12. The van der Waals surface area contributed by atoms with E-state index >= 15 is 0 Å². The topological polar surface area (TPSA) is 58.6 Å². The SMILES string of the molecule is CC(C)CC1C(=O)NC(C(C)C)C(=O)N1CC1CCCO1. The predicted molar refractivity (Wildman–Crippen MR) is 80.7 cm³/mol. The van der Waals surface area contributed by atoms with Crippen molar-refractivity contribution in [2.45, 2.75) is 65.1 Å². The molecule has 2 saturated heterocycles. The molecule has 5 heteroatoms. The summed E-state index contributed by atoms with van der Waals surface area (Å²) in [4.78, 5) is 27.0. The minimum atomic E-state index is -0.401. The summed E-state index contributed by atoms with van der Waals surface area (Å²) in [5.74, 6) is 0.510. The van der Waals surface area contributed by atoms with Crippen molar-refractivity contribution in [3.05, 3.63) is 0 Å². The number of nitrogens with one attached hydrogen (secondary N) is 1. The van der Waals surface area contributed by atoms with Gasteiger partial charge in [-0.15, -0.1) is 0 Å². The van der Waals surface area contributed by atoms with Crippen LogP contribution in [0.2, 0.25) is 0 Å². The fraction of sp³-hybridized carbons (Fsp3) is 0.875. The lowest BCUT2D eigenvalue weighted by molar-refractivity contribution is -0.153. The van der Waals surface area contributed by atoms with Crippen molar-refractivity contribution < 1.29 is 14.3 Å². The first kappa shape index (κ1) is 16.3. The van der Waals surface area contributed by atoms with Crippen LogP contribution in [-0.4, -0.2) is 48.1 Å². The van der Waals surface area contributed by atoms with Crippen LogP contribution in [0, 0.1) is 11.8 Å². The van der Waals surface area contributed by atoms with Crippen LogP contribution < -0.4 is 5.32 Å². The Morgan fingerprint density at radius 1 is 1.29 bits per heavy atom. The van der Waals surface area contributed by atoms with Gasteiger partial charge in [0.2, 0.25) is 11.8 Å². The third-order valence-electron chi connectivity index (χ3n) is 4.31. The summed E-state index contributed by atoms with van der Waals surface area (Å²) in [6.45, 7) is 9.41. The number of hydrogen-bond donors (Lipinski definition) is 1. The van der Waals surface area contributed by atoms with E-state index in [9.17, 15) is 9.59 Å². The van der Waals surface area contributed by atoms with Gasteiger partial charge in [-0.2, -0.15) is 0 Å². The number of rotatable bonds is 5.